The molecule has 0 radical (unpaired) electrons. The number of primary amides is 2. The monoisotopic (exact) mass is 1230 g/mol. The van der Waals surface area contributed by atoms with Crippen LogP contribution in [0.1, 0.15) is 141 Å². The number of carbonyl (C=O) groups is 8. The van der Waals surface area contributed by atoms with Crippen LogP contribution in [-0.2, 0) is 39.8 Å². The molecule has 8 atom stereocenters. The maximum absolute atomic E-state index is 14.5. The van der Waals surface area contributed by atoms with Crippen molar-refractivity contribution < 1.29 is 62.6 Å². The predicted octanol–water partition coefficient (Wildman–Crippen LogP) is 5.32. The minimum Gasteiger partial charge on any atom is -0.490 e. The van der Waals surface area contributed by atoms with Crippen molar-refractivity contribution >= 4 is 88.3 Å². The Kier molecular flexibility index (Phi) is 20.1. The molecule has 3 aliphatic rings. The number of hydrogen-bond donors (Lipinski definition) is 9. The van der Waals surface area contributed by atoms with Gasteiger partial charge in [0.1, 0.15) is 36.2 Å². The van der Waals surface area contributed by atoms with Crippen LogP contribution in [0, 0.1) is 12.3 Å². The second kappa shape index (κ2) is 26.7. The standard InChI is InChI=1S/C59H74ClN10O13PS/c1-31(33-13-15-35(16-14-33)52-32(2)63-30-85-52)64-56(77)44-26-39(71)28-69(44)57(78)53(59(3,4)5)67-47(73)12-8-10-34-9-7-11-45(50(34)60)83-29-37(18-22-46(61)72)65-55(76)42-21-19-38-23-24-68(6)43(27-48(74)70(38)42)49-40-25-36(58(79)84(80,81)82)17-20-41(40)66-51(49)54(62)75/h7,9,11,13-17,20,25,30-31,37-39,42-44,53,66,71H,8,10,12,18-19,21-24,26-29H2,1-6H3,(H2,61,72)(H2,62,75)(H,64,77)(H,65,76)(H,67,73)(H2,80,81,82)/t31-,37-,38+,39+,42-,43?,44-,53+/m0/s1. The fourth-order valence-electron chi connectivity index (χ4n) is 11.7. The molecular weight excluding hydrogens is 1160 g/mol. The molecule has 85 heavy (non-hydrogen) atoms. The Morgan fingerprint density at radius 2 is 1.67 bits per heavy atom. The Morgan fingerprint density at radius 1 is 0.953 bits per heavy atom. The lowest BCUT2D eigenvalue weighted by Crippen LogP contribution is -2.57. The minimum atomic E-state index is -5.18. The van der Waals surface area contributed by atoms with Gasteiger partial charge in [0.2, 0.25) is 35.4 Å². The normalized spacial score (nSPS) is 20.4. The second-order valence-corrected chi connectivity index (χ2v) is 26.1. The number of aromatic amines is 1. The molecule has 8 rings (SSSR count). The van der Waals surface area contributed by atoms with Crippen LogP contribution in [-0.4, -0.2) is 149 Å². The van der Waals surface area contributed by atoms with Gasteiger partial charge in [0.15, 0.2) is 0 Å². The number of aromatic nitrogens is 2. The first-order chi connectivity index (χ1) is 40.1. The summed E-state index contributed by atoms with van der Waals surface area (Å²) in [7, 11) is -3.42. The van der Waals surface area contributed by atoms with Crippen molar-refractivity contribution in [1.82, 2.24) is 40.6 Å². The molecule has 456 valence electrons. The van der Waals surface area contributed by atoms with Crippen LogP contribution < -0.4 is 32.2 Å². The van der Waals surface area contributed by atoms with Gasteiger partial charge >= 0.3 is 7.60 Å². The number of aryl methyl sites for hydroxylation is 2. The average molecular weight is 1230 g/mol. The number of ether oxygens (including phenoxy) is 1. The van der Waals surface area contributed by atoms with Crippen molar-refractivity contribution in [2.24, 2.45) is 16.9 Å². The van der Waals surface area contributed by atoms with Crippen LogP contribution >= 0.6 is 30.5 Å². The van der Waals surface area contributed by atoms with Crippen LogP contribution in [0.3, 0.4) is 0 Å². The molecule has 7 amide bonds. The van der Waals surface area contributed by atoms with Crippen molar-refractivity contribution in [2.75, 3.05) is 26.7 Å². The van der Waals surface area contributed by atoms with Crippen LogP contribution in [0.25, 0.3) is 21.3 Å². The highest BCUT2D eigenvalue weighted by atomic mass is 35.5. The minimum absolute atomic E-state index is 0.00900. The van der Waals surface area contributed by atoms with Gasteiger partial charge in [-0.15, -0.1) is 11.3 Å². The van der Waals surface area contributed by atoms with E-state index in [2.05, 4.69) is 25.9 Å². The van der Waals surface area contributed by atoms with E-state index < -0.39 is 102 Å². The van der Waals surface area contributed by atoms with Gasteiger partial charge in [-0.3, -0.25) is 47.8 Å². The van der Waals surface area contributed by atoms with Crippen molar-refractivity contribution in [2.45, 2.75) is 147 Å². The molecular formula is C59H74ClN10O13PS. The lowest BCUT2D eigenvalue weighted by molar-refractivity contribution is -0.144. The van der Waals surface area contributed by atoms with Crippen LogP contribution in [0.15, 0.2) is 66.2 Å². The van der Waals surface area contributed by atoms with E-state index in [0.29, 0.717) is 49.7 Å². The number of benzene rings is 3. The maximum atomic E-state index is 14.5. The number of halogens is 1. The summed E-state index contributed by atoms with van der Waals surface area (Å²) in [5.74, 6) is -3.43. The van der Waals surface area contributed by atoms with Gasteiger partial charge in [0, 0.05) is 72.9 Å². The number of fused-ring (bicyclic) bond motifs is 2. The number of carbonyl (C=O) groups excluding carboxylic acids is 8. The smallest absolute Gasteiger partial charge is 0.396 e. The number of rotatable bonds is 22. The Balaban J connectivity index is 0.876. The van der Waals surface area contributed by atoms with Gasteiger partial charge in [0.05, 0.1) is 39.3 Å². The molecule has 0 saturated carbocycles. The quantitative estimate of drug-likeness (QED) is 0.0396. The third kappa shape index (κ3) is 15.0. The molecule has 2 aromatic heterocycles. The van der Waals surface area contributed by atoms with E-state index in [1.54, 1.807) is 47.0 Å². The molecule has 0 aliphatic carbocycles. The van der Waals surface area contributed by atoms with E-state index >= 15 is 0 Å². The molecule has 11 N–H and O–H groups in total. The summed E-state index contributed by atoms with van der Waals surface area (Å²) in [6.07, 6.45) is 0.769. The van der Waals surface area contributed by atoms with Gasteiger partial charge in [-0.2, -0.15) is 0 Å². The molecule has 1 unspecified atom stereocenters. The Morgan fingerprint density at radius 3 is 2.33 bits per heavy atom. The van der Waals surface area contributed by atoms with Gasteiger partial charge in [-0.25, -0.2) is 4.98 Å². The van der Waals surface area contributed by atoms with E-state index in [1.165, 1.54) is 23.1 Å². The summed E-state index contributed by atoms with van der Waals surface area (Å²) in [6, 6.07) is 11.6. The molecule has 26 heteroatoms. The molecule has 23 nitrogen and oxygen atoms in total. The molecule has 0 spiro atoms. The zero-order valence-corrected chi connectivity index (χ0v) is 50.7. The summed E-state index contributed by atoms with van der Waals surface area (Å²) in [5.41, 5.74) is 14.7. The highest BCUT2D eigenvalue weighted by molar-refractivity contribution is 7.70. The summed E-state index contributed by atoms with van der Waals surface area (Å²) in [4.78, 5) is 141. The molecule has 5 heterocycles. The third-order valence-electron chi connectivity index (χ3n) is 16.2. The number of nitrogens with one attached hydrogen (secondary N) is 4. The number of hydrogen-bond acceptors (Lipinski definition) is 14. The number of likely N-dealkylation sites (tertiary alicyclic amines) is 1. The Labute approximate surface area is 501 Å². The molecule has 0 bridgehead atoms. The summed E-state index contributed by atoms with van der Waals surface area (Å²) in [6.45, 7) is 9.41. The highest BCUT2D eigenvalue weighted by Gasteiger charge is 2.46. The van der Waals surface area contributed by atoms with Crippen molar-refractivity contribution in [3.05, 3.63) is 105 Å². The fourth-order valence-corrected chi connectivity index (χ4v) is 13.2. The summed E-state index contributed by atoms with van der Waals surface area (Å²) < 4.78 is 18.1. The fraction of sp³-hybridized carbons (Fsp3) is 0.475. The van der Waals surface area contributed by atoms with Crippen LogP contribution in [0.2, 0.25) is 5.02 Å². The van der Waals surface area contributed by atoms with Crippen LogP contribution in [0.5, 0.6) is 5.75 Å². The first-order valence-corrected chi connectivity index (χ1v) is 31.1. The van der Waals surface area contributed by atoms with Gasteiger partial charge < -0.3 is 61.8 Å². The first kappa shape index (κ1) is 64.0. The zero-order valence-electron chi connectivity index (χ0n) is 48.3. The highest BCUT2D eigenvalue weighted by Crippen LogP contribution is 2.43. The topological polar surface area (TPSA) is 350 Å². The van der Waals surface area contributed by atoms with E-state index in [4.69, 9.17) is 27.8 Å². The summed E-state index contributed by atoms with van der Waals surface area (Å²) in [5, 5.41) is 20.2. The number of H-pyrrole nitrogens is 1. The summed E-state index contributed by atoms with van der Waals surface area (Å²) >= 11 is 8.46. The number of β-amino-alcohol motifs (C(OH)–C–C–N with tert-alkyl or cyclic N) is 1. The van der Waals surface area contributed by atoms with Gasteiger partial charge in [-0.05, 0) is 106 Å². The molecule has 5 aromatic rings. The number of aliphatic hydroxyl groups is 1. The molecule has 3 saturated heterocycles. The Hall–Kier alpha value is -7.05. The third-order valence-corrected chi connectivity index (χ3v) is 18.4. The maximum Gasteiger partial charge on any atom is 0.396 e. The predicted molar refractivity (Wildman–Crippen MR) is 318 cm³/mol. The van der Waals surface area contributed by atoms with Crippen molar-refractivity contribution in [3.63, 3.8) is 0 Å². The van der Waals surface area contributed by atoms with E-state index in [1.807, 2.05) is 63.8 Å². The molecule has 3 aromatic carbocycles. The largest absolute Gasteiger partial charge is 0.490 e. The van der Waals surface area contributed by atoms with Gasteiger partial charge in [-0.1, -0.05) is 68.8 Å². The lowest BCUT2D eigenvalue weighted by atomic mass is 9.85. The SMILES string of the molecule is Cc1ncsc1-c1ccc([C@H](C)NC(=O)[C@@H]2C[C@@H](O)CN2C(=O)[C@@H](NC(=O)CCCc2cccc(OC[C@H](CCC(N)=O)NC(=O)[C@@H]3CC[C@@H]4CCN(C)C(c5c(C(N)=O)[nH]c6ccc(C(=O)P(=O)(O)O)cc56)CC(=O)N43)c2Cl)C(C)(C)C)cc1. The molecule has 3 fully saturated rings. The van der Waals surface area contributed by atoms with Crippen molar-refractivity contribution in [3.8, 4) is 16.2 Å². The lowest BCUT2D eigenvalue weighted by Gasteiger charge is -2.38. The Bertz CT molecular complexity index is 3420. The number of thiazole rings is 1. The number of amides is 7. The van der Waals surface area contributed by atoms with Crippen LogP contribution in [0.4, 0.5) is 0 Å². The van der Waals surface area contributed by atoms with E-state index in [0.717, 1.165) is 21.7 Å². The first-order valence-electron chi connectivity index (χ1n) is 28.3. The number of nitrogens with zero attached hydrogens (tertiary/aromatic N) is 4. The number of aliphatic hydroxyl groups excluding tert-OH is 1. The zero-order chi connectivity index (χ0) is 61.8. The van der Waals surface area contributed by atoms with Crippen molar-refractivity contribution in [1.29, 1.82) is 0 Å². The molecule has 3 aliphatic heterocycles. The van der Waals surface area contributed by atoms with E-state index in [-0.39, 0.29) is 84.3 Å². The van der Waals surface area contributed by atoms with E-state index in [9.17, 15) is 57.8 Å². The second-order valence-electron chi connectivity index (χ2n) is 23.4. The van der Waals surface area contributed by atoms with Gasteiger partial charge in [0.25, 0.3) is 11.4 Å². The average Bonchev–Trinajstić information content (AvgIpc) is 1.81. The number of nitrogens with two attached hydrogens (primary N) is 2.